The second-order valence-electron chi connectivity index (χ2n) is 3.71. The van der Waals surface area contributed by atoms with Crippen LogP contribution in [0, 0.1) is 6.92 Å². The molecule has 0 fully saturated rings. The van der Waals surface area contributed by atoms with Crippen LogP contribution in [0.15, 0.2) is 16.8 Å². The smallest absolute Gasteiger partial charge is 0.277 e. The lowest BCUT2D eigenvalue weighted by molar-refractivity contribution is 0.0941. The van der Waals surface area contributed by atoms with E-state index in [1.807, 2.05) is 30.7 Å². The molecule has 0 aliphatic rings. The summed E-state index contributed by atoms with van der Waals surface area (Å²) >= 11 is 0. The van der Waals surface area contributed by atoms with Crippen LogP contribution in [-0.2, 0) is 13.6 Å². The van der Waals surface area contributed by atoms with Crippen LogP contribution < -0.4 is 11.1 Å². The molecule has 0 spiro atoms. The minimum Gasteiger partial charge on any atom is -0.379 e. The van der Waals surface area contributed by atoms with Crippen LogP contribution in [0.4, 0.5) is 5.82 Å². The second-order valence-corrected chi connectivity index (χ2v) is 3.71. The number of anilines is 1. The van der Waals surface area contributed by atoms with Gasteiger partial charge in [0.1, 0.15) is 0 Å². The normalized spacial score (nSPS) is 10.5. The summed E-state index contributed by atoms with van der Waals surface area (Å²) in [5.41, 5.74) is 7.53. The molecule has 0 radical (unpaired) electrons. The molecule has 0 unspecified atom stereocenters. The van der Waals surface area contributed by atoms with Gasteiger partial charge in [0.05, 0.1) is 6.54 Å². The van der Waals surface area contributed by atoms with Gasteiger partial charge in [-0.15, -0.1) is 0 Å². The quantitative estimate of drug-likeness (QED) is 0.793. The third kappa shape index (κ3) is 2.12. The van der Waals surface area contributed by atoms with Crippen LogP contribution >= 0.6 is 0 Å². The van der Waals surface area contributed by atoms with E-state index in [1.54, 1.807) is 0 Å². The van der Waals surface area contributed by atoms with Crippen LogP contribution in [0.3, 0.4) is 0 Å². The molecule has 0 saturated heterocycles. The molecule has 0 saturated carbocycles. The van der Waals surface area contributed by atoms with E-state index in [-0.39, 0.29) is 11.5 Å². The maximum Gasteiger partial charge on any atom is 0.277 e. The fraction of sp³-hybridized carbons (Fsp3) is 0.300. The lowest BCUT2D eigenvalue weighted by Crippen LogP contribution is -2.25. The number of nitrogen functional groups attached to an aromatic ring is 1. The maximum absolute atomic E-state index is 11.7. The Morgan fingerprint density at radius 3 is 2.82 bits per heavy atom. The molecule has 2 heterocycles. The molecule has 0 aliphatic heterocycles. The molecule has 17 heavy (non-hydrogen) atoms. The Morgan fingerprint density at radius 1 is 1.53 bits per heavy atom. The highest BCUT2D eigenvalue weighted by Gasteiger charge is 2.15. The van der Waals surface area contributed by atoms with Gasteiger partial charge in [-0.25, -0.2) is 4.63 Å². The molecule has 2 aromatic heterocycles. The third-order valence-corrected chi connectivity index (χ3v) is 2.64. The van der Waals surface area contributed by atoms with Gasteiger partial charge in [0.2, 0.25) is 11.5 Å². The average molecular weight is 235 g/mol. The van der Waals surface area contributed by atoms with Gasteiger partial charge in [-0.2, -0.15) is 0 Å². The molecule has 7 nitrogen and oxygen atoms in total. The van der Waals surface area contributed by atoms with Crippen LogP contribution in [-0.4, -0.2) is 20.8 Å². The number of nitrogens with two attached hydrogens (primary N) is 1. The standard InChI is InChI=1S/C10H13N5O2/c1-6-3-4-7(15(6)2)5-12-10(16)8-9(11)14-17-13-8/h3-4H,5H2,1-2H3,(H2,11,14)(H,12,16). The van der Waals surface area contributed by atoms with Crippen LogP contribution in [0.2, 0.25) is 0 Å². The molecule has 3 N–H and O–H groups in total. The van der Waals surface area contributed by atoms with Crippen molar-refractivity contribution in [3.8, 4) is 0 Å². The largest absolute Gasteiger partial charge is 0.379 e. The molecule has 1 amide bonds. The molecule has 2 rings (SSSR count). The van der Waals surface area contributed by atoms with E-state index >= 15 is 0 Å². The van der Waals surface area contributed by atoms with Crippen molar-refractivity contribution in [1.82, 2.24) is 20.2 Å². The Balaban J connectivity index is 2.02. The summed E-state index contributed by atoms with van der Waals surface area (Å²) in [6, 6.07) is 3.92. The summed E-state index contributed by atoms with van der Waals surface area (Å²) in [5.74, 6) is -0.409. The van der Waals surface area contributed by atoms with Crippen molar-refractivity contribution in [3.63, 3.8) is 0 Å². The number of aromatic nitrogens is 3. The third-order valence-electron chi connectivity index (χ3n) is 2.64. The number of hydrogen-bond donors (Lipinski definition) is 2. The fourth-order valence-electron chi connectivity index (χ4n) is 1.45. The molecule has 0 atom stereocenters. The van der Waals surface area contributed by atoms with Crippen LogP contribution in [0.1, 0.15) is 21.9 Å². The van der Waals surface area contributed by atoms with E-state index in [9.17, 15) is 4.79 Å². The van der Waals surface area contributed by atoms with Crippen LogP contribution in [0.25, 0.3) is 0 Å². The van der Waals surface area contributed by atoms with Crippen molar-refractivity contribution in [2.24, 2.45) is 7.05 Å². The predicted octanol–water partition coefficient (Wildman–Crippen LogP) is 0.229. The zero-order chi connectivity index (χ0) is 12.4. The monoisotopic (exact) mass is 235 g/mol. The summed E-state index contributed by atoms with van der Waals surface area (Å²) in [7, 11) is 1.93. The van der Waals surface area contributed by atoms with E-state index in [0.29, 0.717) is 6.54 Å². The zero-order valence-electron chi connectivity index (χ0n) is 9.60. The Morgan fingerprint density at radius 2 is 2.29 bits per heavy atom. The van der Waals surface area contributed by atoms with Gasteiger partial charge in [0.15, 0.2) is 0 Å². The molecule has 2 aromatic rings. The topological polar surface area (TPSA) is 99.0 Å². The fourth-order valence-corrected chi connectivity index (χ4v) is 1.45. The summed E-state index contributed by atoms with van der Waals surface area (Å²) in [6.45, 7) is 2.39. The van der Waals surface area contributed by atoms with E-state index in [2.05, 4.69) is 20.3 Å². The first-order chi connectivity index (χ1) is 8.09. The number of carbonyl (C=O) groups is 1. The van der Waals surface area contributed by atoms with Gasteiger partial charge in [0, 0.05) is 18.4 Å². The van der Waals surface area contributed by atoms with Crippen LogP contribution in [0.5, 0.6) is 0 Å². The van der Waals surface area contributed by atoms with Crippen molar-refractivity contribution in [2.45, 2.75) is 13.5 Å². The lowest BCUT2D eigenvalue weighted by Gasteiger charge is -2.06. The molecular weight excluding hydrogens is 222 g/mol. The maximum atomic E-state index is 11.7. The second kappa shape index (κ2) is 4.28. The molecule has 0 aromatic carbocycles. The number of nitrogens with zero attached hydrogens (tertiary/aromatic N) is 3. The summed E-state index contributed by atoms with van der Waals surface area (Å²) in [4.78, 5) is 11.7. The molecule has 90 valence electrons. The first-order valence-electron chi connectivity index (χ1n) is 5.07. The Bertz CT molecular complexity index is 543. The van der Waals surface area contributed by atoms with Gasteiger partial charge < -0.3 is 15.6 Å². The van der Waals surface area contributed by atoms with E-state index in [0.717, 1.165) is 11.4 Å². The Hall–Kier alpha value is -2.31. The molecule has 0 aliphatic carbocycles. The zero-order valence-corrected chi connectivity index (χ0v) is 9.60. The highest BCUT2D eigenvalue weighted by atomic mass is 16.6. The summed E-state index contributed by atoms with van der Waals surface area (Å²) in [5, 5.41) is 9.46. The summed E-state index contributed by atoms with van der Waals surface area (Å²) < 4.78 is 6.35. The van der Waals surface area contributed by atoms with E-state index in [4.69, 9.17) is 5.73 Å². The van der Waals surface area contributed by atoms with Gasteiger partial charge in [0.25, 0.3) is 5.91 Å². The minimum atomic E-state index is -0.400. The van der Waals surface area contributed by atoms with Crippen molar-refractivity contribution >= 4 is 11.7 Å². The van der Waals surface area contributed by atoms with Crippen molar-refractivity contribution < 1.29 is 9.42 Å². The first kappa shape index (κ1) is 11.2. The highest BCUT2D eigenvalue weighted by molar-refractivity contribution is 5.95. The molecule has 7 heteroatoms. The van der Waals surface area contributed by atoms with Crippen molar-refractivity contribution in [3.05, 3.63) is 29.2 Å². The first-order valence-corrected chi connectivity index (χ1v) is 5.07. The van der Waals surface area contributed by atoms with Gasteiger partial charge in [-0.1, -0.05) is 0 Å². The number of aryl methyl sites for hydroxylation is 1. The number of carbonyl (C=O) groups excluding carboxylic acids is 1. The lowest BCUT2D eigenvalue weighted by atomic mass is 10.3. The number of hydrogen-bond acceptors (Lipinski definition) is 5. The average Bonchev–Trinajstić information content (AvgIpc) is 2.85. The number of nitrogens with one attached hydrogen (secondary N) is 1. The van der Waals surface area contributed by atoms with E-state index in [1.165, 1.54) is 0 Å². The Kier molecular flexibility index (Phi) is 2.82. The van der Waals surface area contributed by atoms with Gasteiger partial charge in [-0.05, 0) is 29.4 Å². The van der Waals surface area contributed by atoms with Crippen molar-refractivity contribution in [2.75, 3.05) is 5.73 Å². The SMILES string of the molecule is Cc1ccc(CNC(=O)c2nonc2N)n1C. The van der Waals surface area contributed by atoms with Gasteiger partial charge >= 0.3 is 0 Å². The molecular formula is C10H13N5O2. The Labute approximate surface area is 97.6 Å². The summed E-state index contributed by atoms with van der Waals surface area (Å²) in [6.07, 6.45) is 0. The number of rotatable bonds is 3. The predicted molar refractivity (Wildman–Crippen MR) is 60.0 cm³/mol. The van der Waals surface area contributed by atoms with Gasteiger partial charge in [-0.3, -0.25) is 4.79 Å². The number of amides is 1. The molecule has 0 bridgehead atoms. The minimum absolute atomic E-state index is 0.00874. The van der Waals surface area contributed by atoms with Crippen molar-refractivity contribution in [1.29, 1.82) is 0 Å². The van der Waals surface area contributed by atoms with E-state index < -0.39 is 5.91 Å². The highest BCUT2D eigenvalue weighted by Crippen LogP contribution is 2.07.